The molecule has 4 rings (SSSR count). The third-order valence-corrected chi connectivity index (χ3v) is 4.66. The zero-order valence-corrected chi connectivity index (χ0v) is 16.5. The van der Waals surface area contributed by atoms with Gasteiger partial charge in [0.1, 0.15) is 11.5 Å². The van der Waals surface area contributed by atoms with Crippen LogP contribution in [0.15, 0.2) is 84.4 Å². The molecule has 150 valence electrons. The summed E-state index contributed by atoms with van der Waals surface area (Å²) in [4.78, 5) is 17.1. The minimum atomic E-state index is -0.325. The maximum Gasteiger partial charge on any atom is 0.319 e. The third kappa shape index (κ3) is 4.17. The van der Waals surface area contributed by atoms with Crippen molar-refractivity contribution in [3.63, 3.8) is 0 Å². The van der Waals surface area contributed by atoms with E-state index in [2.05, 4.69) is 22.2 Å². The number of benzene rings is 3. The molecule has 30 heavy (non-hydrogen) atoms. The van der Waals surface area contributed by atoms with Gasteiger partial charge >= 0.3 is 6.03 Å². The highest BCUT2D eigenvalue weighted by molar-refractivity contribution is 6.07. The number of aliphatic imine (C=N–C) groups is 1. The number of fused-ring (bicyclic) bond motifs is 1. The number of nitrogens with zero attached hydrogens (tertiary/aromatic N) is 1. The van der Waals surface area contributed by atoms with Crippen molar-refractivity contribution < 1.29 is 14.3 Å². The Labute approximate surface area is 174 Å². The summed E-state index contributed by atoms with van der Waals surface area (Å²) in [6, 6.07) is 22.2. The van der Waals surface area contributed by atoms with Crippen LogP contribution >= 0.6 is 0 Å². The molecule has 0 radical (unpaired) electrons. The van der Waals surface area contributed by atoms with Gasteiger partial charge in [-0.1, -0.05) is 43.0 Å². The molecule has 3 aromatic rings. The van der Waals surface area contributed by atoms with Crippen molar-refractivity contribution >= 4 is 29.1 Å². The first kappa shape index (κ1) is 19.3. The lowest BCUT2D eigenvalue weighted by atomic mass is 10.1. The van der Waals surface area contributed by atoms with Crippen molar-refractivity contribution in [3.05, 3.63) is 96.1 Å². The molecule has 0 aromatic heterocycles. The molecule has 2 amide bonds. The van der Waals surface area contributed by atoms with Gasteiger partial charge < -0.3 is 20.1 Å². The molecule has 6 nitrogen and oxygen atoms in total. The fraction of sp³-hybridized carbons (Fsp3) is 0.0833. The van der Waals surface area contributed by atoms with Gasteiger partial charge in [0, 0.05) is 12.1 Å². The normalized spacial score (nSPS) is 12.3. The molecule has 0 saturated carbocycles. The van der Waals surface area contributed by atoms with Crippen LogP contribution in [-0.2, 0) is 11.3 Å². The summed E-state index contributed by atoms with van der Waals surface area (Å²) in [5.74, 6) is 1.69. The maximum atomic E-state index is 12.5. The summed E-state index contributed by atoms with van der Waals surface area (Å²) >= 11 is 0. The van der Waals surface area contributed by atoms with E-state index in [-0.39, 0.29) is 6.03 Å². The Bertz CT molecular complexity index is 1120. The van der Waals surface area contributed by atoms with Crippen molar-refractivity contribution in [2.45, 2.75) is 6.54 Å². The Morgan fingerprint density at radius 3 is 2.47 bits per heavy atom. The third-order valence-electron chi connectivity index (χ3n) is 4.66. The Morgan fingerprint density at radius 1 is 1.00 bits per heavy atom. The molecule has 1 aliphatic heterocycles. The van der Waals surface area contributed by atoms with Gasteiger partial charge in [0.05, 0.1) is 24.0 Å². The molecular formula is C24H21N3O3. The number of hydrogen-bond acceptors (Lipinski definition) is 4. The van der Waals surface area contributed by atoms with Crippen LogP contribution < -0.4 is 15.4 Å². The minimum absolute atomic E-state index is 0.325. The number of urea groups is 1. The van der Waals surface area contributed by atoms with E-state index in [9.17, 15) is 4.79 Å². The quantitative estimate of drug-likeness (QED) is 0.627. The average Bonchev–Trinajstić information content (AvgIpc) is 2.78. The van der Waals surface area contributed by atoms with E-state index in [1.54, 1.807) is 13.2 Å². The van der Waals surface area contributed by atoms with E-state index in [0.29, 0.717) is 29.5 Å². The van der Waals surface area contributed by atoms with Gasteiger partial charge in [0.2, 0.25) is 5.90 Å². The van der Waals surface area contributed by atoms with Crippen LogP contribution in [-0.4, -0.2) is 19.0 Å². The second-order valence-corrected chi connectivity index (χ2v) is 6.66. The van der Waals surface area contributed by atoms with Crippen molar-refractivity contribution in [2.24, 2.45) is 4.99 Å². The van der Waals surface area contributed by atoms with Crippen LogP contribution in [0.3, 0.4) is 0 Å². The van der Waals surface area contributed by atoms with Crippen molar-refractivity contribution in [2.75, 3.05) is 12.4 Å². The SMILES string of the molecule is C=C1OC(c2ccccc2NC(=O)NCc2ccc(OC)cc2)=Nc2ccccc21. The Balaban J connectivity index is 1.49. The van der Waals surface area contributed by atoms with Crippen LogP contribution in [0, 0.1) is 0 Å². The smallest absolute Gasteiger partial charge is 0.319 e. The number of amides is 2. The number of hydrogen-bond donors (Lipinski definition) is 2. The van der Waals surface area contributed by atoms with E-state index in [1.165, 1.54) is 0 Å². The summed E-state index contributed by atoms with van der Waals surface area (Å²) in [6.07, 6.45) is 0. The second kappa shape index (κ2) is 8.53. The number of para-hydroxylation sites is 2. The fourth-order valence-corrected chi connectivity index (χ4v) is 3.10. The van der Waals surface area contributed by atoms with Gasteiger partial charge in [0.15, 0.2) is 0 Å². The lowest BCUT2D eigenvalue weighted by molar-refractivity contribution is 0.251. The molecule has 0 fully saturated rings. The fourth-order valence-electron chi connectivity index (χ4n) is 3.10. The molecule has 1 heterocycles. The van der Waals surface area contributed by atoms with Crippen molar-refractivity contribution in [1.29, 1.82) is 0 Å². The number of methoxy groups -OCH3 is 1. The van der Waals surface area contributed by atoms with Crippen LogP contribution in [0.5, 0.6) is 5.75 Å². The number of nitrogens with one attached hydrogen (secondary N) is 2. The molecule has 1 aliphatic rings. The molecule has 0 atom stereocenters. The lowest BCUT2D eigenvalue weighted by Gasteiger charge is -2.20. The molecule has 0 bridgehead atoms. The number of carbonyl (C=O) groups excluding carboxylic acids is 1. The summed E-state index contributed by atoms with van der Waals surface area (Å²) < 4.78 is 11.0. The predicted octanol–water partition coefficient (Wildman–Crippen LogP) is 5.10. The molecule has 3 aromatic carbocycles. The first-order valence-electron chi connectivity index (χ1n) is 9.46. The van der Waals surface area contributed by atoms with Gasteiger partial charge in [-0.2, -0.15) is 0 Å². The largest absolute Gasteiger partial charge is 0.497 e. The van der Waals surface area contributed by atoms with Crippen LogP contribution in [0.2, 0.25) is 0 Å². The average molecular weight is 399 g/mol. The summed E-state index contributed by atoms with van der Waals surface area (Å²) in [5.41, 5.74) is 3.86. The van der Waals surface area contributed by atoms with Crippen LogP contribution in [0.4, 0.5) is 16.2 Å². The molecule has 2 N–H and O–H groups in total. The van der Waals surface area contributed by atoms with E-state index in [0.717, 1.165) is 22.6 Å². The predicted molar refractivity (Wildman–Crippen MR) is 118 cm³/mol. The highest BCUT2D eigenvalue weighted by Gasteiger charge is 2.20. The Morgan fingerprint density at radius 2 is 1.70 bits per heavy atom. The number of anilines is 1. The molecule has 0 spiro atoms. The van der Waals surface area contributed by atoms with Crippen LogP contribution in [0.1, 0.15) is 16.7 Å². The Kier molecular flexibility index (Phi) is 5.48. The second-order valence-electron chi connectivity index (χ2n) is 6.66. The highest BCUT2D eigenvalue weighted by Crippen LogP contribution is 2.33. The van der Waals surface area contributed by atoms with E-state index in [4.69, 9.17) is 9.47 Å². The summed E-state index contributed by atoms with van der Waals surface area (Å²) in [5, 5.41) is 5.72. The van der Waals surface area contributed by atoms with Crippen molar-refractivity contribution in [1.82, 2.24) is 5.32 Å². The summed E-state index contributed by atoms with van der Waals surface area (Å²) in [7, 11) is 1.62. The van der Waals surface area contributed by atoms with Gasteiger partial charge in [0.25, 0.3) is 0 Å². The van der Waals surface area contributed by atoms with Gasteiger partial charge in [-0.05, 0) is 42.0 Å². The first-order valence-corrected chi connectivity index (χ1v) is 9.46. The number of rotatable bonds is 5. The molecule has 0 saturated heterocycles. The van der Waals surface area contributed by atoms with Gasteiger partial charge in [-0.3, -0.25) is 0 Å². The topological polar surface area (TPSA) is 72.0 Å². The molecular weight excluding hydrogens is 378 g/mol. The minimum Gasteiger partial charge on any atom is -0.497 e. The lowest BCUT2D eigenvalue weighted by Crippen LogP contribution is -2.29. The summed E-state index contributed by atoms with van der Waals surface area (Å²) in [6.45, 7) is 4.37. The number of ether oxygens (including phenoxy) is 2. The highest BCUT2D eigenvalue weighted by atomic mass is 16.5. The van der Waals surface area contributed by atoms with E-state index in [1.807, 2.05) is 66.7 Å². The van der Waals surface area contributed by atoms with Gasteiger partial charge in [-0.25, -0.2) is 9.79 Å². The maximum absolute atomic E-state index is 12.5. The van der Waals surface area contributed by atoms with Crippen LogP contribution in [0.25, 0.3) is 5.76 Å². The molecule has 0 unspecified atom stereocenters. The van der Waals surface area contributed by atoms with Crippen molar-refractivity contribution in [3.8, 4) is 5.75 Å². The standard InChI is InChI=1S/C24H21N3O3/c1-16-19-7-3-5-9-21(19)26-23(30-16)20-8-4-6-10-22(20)27-24(28)25-15-17-11-13-18(29-2)14-12-17/h3-14H,1,15H2,2H3,(H2,25,27,28). The van der Waals surface area contributed by atoms with E-state index < -0.39 is 0 Å². The first-order chi connectivity index (χ1) is 14.6. The Hall–Kier alpha value is -4.06. The zero-order valence-electron chi connectivity index (χ0n) is 16.5. The molecule has 0 aliphatic carbocycles. The van der Waals surface area contributed by atoms with Gasteiger partial charge in [-0.15, -0.1) is 0 Å². The zero-order chi connectivity index (χ0) is 20.9. The number of carbonyl (C=O) groups is 1. The molecule has 6 heteroatoms. The van der Waals surface area contributed by atoms with E-state index >= 15 is 0 Å². The monoisotopic (exact) mass is 399 g/mol.